The number of nitrogens with zero attached hydrogens (tertiary/aromatic N) is 1. The number of nitrogen functional groups attached to an aromatic ring is 1. The van der Waals surface area contributed by atoms with Crippen molar-refractivity contribution in [1.82, 2.24) is 0 Å². The molecule has 88 valence electrons. The van der Waals surface area contributed by atoms with E-state index >= 15 is 0 Å². The second-order valence-corrected chi connectivity index (χ2v) is 3.86. The van der Waals surface area contributed by atoms with E-state index in [2.05, 4.69) is 0 Å². The Bertz CT molecular complexity index is 353. The number of nitrogens with two attached hydrogens (primary N) is 1. The first-order valence-corrected chi connectivity index (χ1v) is 5.22. The molecule has 0 aromatic heterocycles. The molecule has 1 aliphatic heterocycles. The number of morpholine rings is 1. The van der Waals surface area contributed by atoms with Crippen molar-refractivity contribution >= 4 is 11.4 Å². The molecule has 0 bridgehead atoms. The molecule has 1 aliphatic rings. The van der Waals surface area contributed by atoms with E-state index in [0.717, 1.165) is 5.69 Å². The van der Waals surface area contributed by atoms with Crippen LogP contribution in [0.3, 0.4) is 0 Å². The average molecular weight is 226 g/mol. The van der Waals surface area contributed by atoms with Gasteiger partial charge in [-0.2, -0.15) is 0 Å². The quantitative estimate of drug-likeness (QED) is 0.725. The lowest BCUT2D eigenvalue weighted by Crippen LogP contribution is -2.44. The van der Waals surface area contributed by atoms with E-state index < -0.39 is 0 Å². The first kappa shape index (κ1) is 11.2. The van der Waals surface area contributed by atoms with Gasteiger partial charge in [-0.25, -0.2) is 4.39 Å². The molecule has 3 N–H and O–H groups in total. The number of ether oxygens (including phenoxy) is 1. The van der Waals surface area contributed by atoms with Crippen LogP contribution in [-0.4, -0.2) is 37.5 Å². The molecule has 2 rings (SSSR count). The highest BCUT2D eigenvalue weighted by Gasteiger charge is 2.20. The van der Waals surface area contributed by atoms with Crippen molar-refractivity contribution in [2.24, 2.45) is 0 Å². The van der Waals surface area contributed by atoms with E-state index in [1.54, 1.807) is 6.07 Å². The Balaban J connectivity index is 2.16. The lowest BCUT2D eigenvalue weighted by atomic mass is 10.2. The van der Waals surface area contributed by atoms with Gasteiger partial charge in [-0.05, 0) is 18.2 Å². The molecule has 0 spiro atoms. The monoisotopic (exact) mass is 226 g/mol. The van der Waals surface area contributed by atoms with Gasteiger partial charge in [-0.15, -0.1) is 0 Å². The van der Waals surface area contributed by atoms with Crippen molar-refractivity contribution in [3.05, 3.63) is 24.0 Å². The fraction of sp³-hybridized carbons (Fsp3) is 0.455. The zero-order valence-electron chi connectivity index (χ0n) is 8.90. The average Bonchev–Trinajstić information content (AvgIpc) is 2.28. The lowest BCUT2D eigenvalue weighted by molar-refractivity contribution is 0.00356. The summed E-state index contributed by atoms with van der Waals surface area (Å²) in [5, 5.41) is 9.01. The maximum atomic E-state index is 13.2. The molecule has 1 unspecified atom stereocenters. The minimum atomic E-state index is -0.345. The molecule has 0 radical (unpaired) electrons. The summed E-state index contributed by atoms with van der Waals surface area (Å²) < 4.78 is 18.5. The highest BCUT2D eigenvalue weighted by atomic mass is 19.1. The maximum absolute atomic E-state index is 13.2. The smallest absolute Gasteiger partial charge is 0.127 e. The first-order chi connectivity index (χ1) is 7.69. The van der Waals surface area contributed by atoms with Crippen molar-refractivity contribution in [3.8, 4) is 0 Å². The van der Waals surface area contributed by atoms with Crippen molar-refractivity contribution < 1.29 is 14.2 Å². The highest BCUT2D eigenvalue weighted by molar-refractivity contribution is 5.56. The van der Waals surface area contributed by atoms with E-state index in [-0.39, 0.29) is 18.5 Å². The molecular formula is C11H15FN2O2. The fourth-order valence-corrected chi connectivity index (χ4v) is 1.84. The van der Waals surface area contributed by atoms with Crippen LogP contribution >= 0.6 is 0 Å². The maximum Gasteiger partial charge on any atom is 0.127 e. The number of halogens is 1. The molecule has 0 aliphatic carbocycles. The zero-order chi connectivity index (χ0) is 11.5. The Morgan fingerprint density at radius 2 is 2.31 bits per heavy atom. The summed E-state index contributed by atoms with van der Waals surface area (Å²) >= 11 is 0. The first-order valence-electron chi connectivity index (χ1n) is 5.22. The molecular weight excluding hydrogens is 211 g/mol. The van der Waals surface area contributed by atoms with Crippen LogP contribution in [0, 0.1) is 5.82 Å². The number of anilines is 2. The van der Waals surface area contributed by atoms with Crippen LogP contribution in [-0.2, 0) is 4.74 Å². The highest BCUT2D eigenvalue weighted by Crippen LogP contribution is 2.22. The number of hydrogen-bond donors (Lipinski definition) is 2. The van der Waals surface area contributed by atoms with Crippen molar-refractivity contribution in [1.29, 1.82) is 0 Å². The topological polar surface area (TPSA) is 58.7 Å². The van der Waals surface area contributed by atoms with Crippen LogP contribution in [0.15, 0.2) is 18.2 Å². The summed E-state index contributed by atoms with van der Waals surface area (Å²) in [5.41, 5.74) is 6.73. The lowest BCUT2D eigenvalue weighted by Gasteiger charge is -2.33. The molecule has 1 fully saturated rings. The van der Waals surface area contributed by atoms with Gasteiger partial charge in [-0.3, -0.25) is 0 Å². The molecule has 1 saturated heterocycles. The molecule has 1 atom stereocenters. The normalized spacial score (nSPS) is 21.1. The standard InChI is InChI=1S/C11H15FN2O2/c12-8-3-9(13)5-10(4-8)14-1-2-16-11(6-14)7-15/h3-5,11,15H,1-2,6-7,13H2. The van der Waals surface area contributed by atoms with Gasteiger partial charge < -0.3 is 20.5 Å². The van der Waals surface area contributed by atoms with E-state index in [0.29, 0.717) is 25.4 Å². The predicted molar refractivity (Wildman–Crippen MR) is 59.9 cm³/mol. The van der Waals surface area contributed by atoms with Gasteiger partial charge in [0.1, 0.15) is 5.82 Å². The SMILES string of the molecule is Nc1cc(F)cc(N2CCOC(CO)C2)c1. The molecule has 1 aromatic carbocycles. The van der Waals surface area contributed by atoms with Gasteiger partial charge in [-0.1, -0.05) is 0 Å². The number of aliphatic hydroxyl groups is 1. The third-order valence-corrected chi connectivity index (χ3v) is 2.61. The van der Waals surface area contributed by atoms with Crippen LogP contribution < -0.4 is 10.6 Å². The number of hydrogen-bond acceptors (Lipinski definition) is 4. The molecule has 1 heterocycles. The molecule has 4 nitrogen and oxygen atoms in total. The van der Waals surface area contributed by atoms with Gasteiger partial charge in [0.25, 0.3) is 0 Å². The van der Waals surface area contributed by atoms with Crippen LogP contribution in [0.4, 0.5) is 15.8 Å². The second-order valence-electron chi connectivity index (χ2n) is 3.86. The molecule has 16 heavy (non-hydrogen) atoms. The zero-order valence-corrected chi connectivity index (χ0v) is 8.90. The Morgan fingerprint density at radius 1 is 1.50 bits per heavy atom. The summed E-state index contributed by atoms with van der Waals surface area (Å²) in [7, 11) is 0. The third-order valence-electron chi connectivity index (χ3n) is 2.61. The second kappa shape index (κ2) is 4.67. The van der Waals surface area contributed by atoms with Gasteiger partial charge in [0.15, 0.2) is 0 Å². The fourth-order valence-electron chi connectivity index (χ4n) is 1.84. The Labute approximate surface area is 93.4 Å². The summed E-state index contributed by atoms with van der Waals surface area (Å²) in [6.45, 7) is 1.74. The van der Waals surface area contributed by atoms with Crippen LogP contribution in [0.2, 0.25) is 0 Å². The van der Waals surface area contributed by atoms with Crippen LogP contribution in [0.1, 0.15) is 0 Å². The minimum Gasteiger partial charge on any atom is -0.399 e. The van der Waals surface area contributed by atoms with Gasteiger partial charge in [0.05, 0.1) is 19.3 Å². The Morgan fingerprint density at radius 3 is 3.00 bits per heavy atom. The van der Waals surface area contributed by atoms with E-state index in [1.807, 2.05) is 4.90 Å². The van der Waals surface area contributed by atoms with Crippen molar-refractivity contribution in [2.45, 2.75) is 6.10 Å². The Hall–Kier alpha value is -1.33. The molecule has 0 saturated carbocycles. The third kappa shape index (κ3) is 2.43. The Kier molecular flexibility index (Phi) is 3.26. The summed E-state index contributed by atoms with van der Waals surface area (Å²) in [5.74, 6) is -0.345. The van der Waals surface area contributed by atoms with E-state index in [4.69, 9.17) is 15.6 Å². The van der Waals surface area contributed by atoms with Gasteiger partial charge in [0, 0.05) is 24.5 Å². The predicted octanol–water partition coefficient (Wildman–Crippen LogP) is 0.605. The molecule has 1 aromatic rings. The van der Waals surface area contributed by atoms with Gasteiger partial charge >= 0.3 is 0 Å². The van der Waals surface area contributed by atoms with Crippen molar-refractivity contribution in [2.75, 3.05) is 36.9 Å². The number of aliphatic hydroxyl groups excluding tert-OH is 1. The van der Waals surface area contributed by atoms with Crippen LogP contribution in [0.25, 0.3) is 0 Å². The molecule has 0 amide bonds. The van der Waals surface area contributed by atoms with Crippen molar-refractivity contribution in [3.63, 3.8) is 0 Å². The largest absolute Gasteiger partial charge is 0.399 e. The summed E-state index contributed by atoms with van der Waals surface area (Å²) in [4.78, 5) is 1.96. The van der Waals surface area contributed by atoms with E-state index in [9.17, 15) is 4.39 Å². The minimum absolute atomic E-state index is 0.0265. The van der Waals surface area contributed by atoms with E-state index in [1.165, 1.54) is 12.1 Å². The van der Waals surface area contributed by atoms with Crippen LogP contribution in [0.5, 0.6) is 0 Å². The number of benzene rings is 1. The summed E-state index contributed by atoms with van der Waals surface area (Å²) in [6, 6.07) is 4.45. The number of rotatable bonds is 2. The summed E-state index contributed by atoms with van der Waals surface area (Å²) in [6.07, 6.45) is -0.210. The van der Waals surface area contributed by atoms with Gasteiger partial charge in [0.2, 0.25) is 0 Å². The molecule has 5 heteroatoms.